The summed E-state index contributed by atoms with van der Waals surface area (Å²) in [6, 6.07) is 21.0. The Morgan fingerprint density at radius 3 is 2.55 bits per heavy atom. The number of hydrogen-bond donors (Lipinski definition) is 1. The van der Waals surface area contributed by atoms with Crippen molar-refractivity contribution in [3.8, 4) is 11.1 Å². The molecule has 3 aromatic rings. The Labute approximate surface area is 124 Å². The molecule has 0 saturated carbocycles. The van der Waals surface area contributed by atoms with Crippen molar-refractivity contribution >= 4 is 22.4 Å². The van der Waals surface area contributed by atoms with E-state index in [-0.39, 0.29) is 0 Å². The molecule has 0 aliphatic rings. The van der Waals surface area contributed by atoms with E-state index in [1.807, 2.05) is 19.2 Å². The molecule has 0 saturated heterocycles. The minimum Gasteiger partial charge on any atom is -0.316 e. The first-order chi connectivity index (χ1) is 9.79. The lowest BCUT2D eigenvalue weighted by atomic mass is 9.94. The lowest BCUT2D eigenvalue weighted by Crippen LogP contribution is -2.06. The zero-order chi connectivity index (χ0) is 13.9. The Morgan fingerprint density at radius 2 is 1.70 bits per heavy atom. The molecule has 0 aliphatic heterocycles. The van der Waals surface area contributed by atoms with Gasteiger partial charge in [-0.15, -0.1) is 0 Å². The number of hydrogen-bond acceptors (Lipinski definition) is 1. The molecule has 1 nitrogen and oxygen atoms in total. The summed E-state index contributed by atoms with van der Waals surface area (Å²) in [5.41, 5.74) is 3.71. The predicted molar refractivity (Wildman–Crippen MR) is 87.2 cm³/mol. The lowest BCUT2D eigenvalue weighted by Gasteiger charge is -2.12. The van der Waals surface area contributed by atoms with Gasteiger partial charge in [-0.3, -0.25) is 0 Å². The Balaban J connectivity index is 2.25. The molecule has 3 aromatic carbocycles. The summed E-state index contributed by atoms with van der Waals surface area (Å²) in [6.07, 6.45) is 0. The van der Waals surface area contributed by atoms with Crippen LogP contribution in [0.5, 0.6) is 0 Å². The van der Waals surface area contributed by atoms with Crippen LogP contribution in [-0.4, -0.2) is 7.05 Å². The van der Waals surface area contributed by atoms with Crippen molar-refractivity contribution < 1.29 is 0 Å². The van der Waals surface area contributed by atoms with Gasteiger partial charge in [-0.05, 0) is 46.6 Å². The Bertz CT molecular complexity index is 744. The van der Waals surface area contributed by atoms with Gasteiger partial charge in [0.2, 0.25) is 0 Å². The summed E-state index contributed by atoms with van der Waals surface area (Å²) in [5, 5.41) is 6.52. The van der Waals surface area contributed by atoms with Crippen LogP contribution in [0.25, 0.3) is 21.9 Å². The number of fused-ring (bicyclic) bond motifs is 1. The van der Waals surface area contributed by atoms with Gasteiger partial charge < -0.3 is 5.32 Å². The molecule has 0 amide bonds. The van der Waals surface area contributed by atoms with Crippen LogP contribution in [0.15, 0.2) is 60.7 Å². The van der Waals surface area contributed by atoms with Gasteiger partial charge in [-0.1, -0.05) is 60.1 Å². The van der Waals surface area contributed by atoms with Gasteiger partial charge in [0.25, 0.3) is 0 Å². The third-order valence-corrected chi connectivity index (χ3v) is 3.75. The van der Waals surface area contributed by atoms with Crippen molar-refractivity contribution in [1.82, 2.24) is 5.32 Å². The van der Waals surface area contributed by atoms with E-state index in [9.17, 15) is 0 Å². The van der Waals surface area contributed by atoms with E-state index in [4.69, 9.17) is 11.6 Å². The average molecular weight is 282 g/mol. The van der Waals surface area contributed by atoms with Gasteiger partial charge in [0.15, 0.2) is 0 Å². The van der Waals surface area contributed by atoms with Crippen LogP contribution < -0.4 is 5.32 Å². The molecule has 0 radical (unpaired) electrons. The largest absolute Gasteiger partial charge is 0.316 e. The second-order valence-electron chi connectivity index (χ2n) is 4.86. The summed E-state index contributed by atoms with van der Waals surface area (Å²) >= 11 is 6.13. The minimum absolute atomic E-state index is 0.777. The molecule has 2 heteroatoms. The highest BCUT2D eigenvalue weighted by Gasteiger charge is 2.08. The van der Waals surface area contributed by atoms with Gasteiger partial charge in [0, 0.05) is 11.6 Å². The number of benzene rings is 3. The van der Waals surface area contributed by atoms with Crippen LogP contribution in [0.4, 0.5) is 0 Å². The number of halogens is 1. The molecular weight excluding hydrogens is 266 g/mol. The molecular formula is C18H16ClN. The van der Waals surface area contributed by atoms with E-state index < -0.39 is 0 Å². The molecule has 3 rings (SSSR count). The predicted octanol–water partition coefficient (Wildman–Crippen LogP) is 4.88. The maximum Gasteiger partial charge on any atom is 0.0409 e. The third kappa shape index (κ3) is 2.43. The molecule has 0 atom stereocenters. The fourth-order valence-electron chi connectivity index (χ4n) is 2.62. The average Bonchev–Trinajstić information content (AvgIpc) is 2.47. The van der Waals surface area contributed by atoms with Crippen LogP contribution in [-0.2, 0) is 6.54 Å². The molecule has 0 aliphatic carbocycles. The SMILES string of the molecule is CNCc1cc(Cl)ccc1-c1cccc2ccccc12. The molecule has 1 N–H and O–H groups in total. The normalized spacial score (nSPS) is 10.9. The number of rotatable bonds is 3. The number of nitrogens with one attached hydrogen (secondary N) is 1. The van der Waals surface area contributed by atoms with Crippen molar-refractivity contribution in [2.45, 2.75) is 6.54 Å². The molecule has 100 valence electrons. The fraction of sp³-hybridized carbons (Fsp3) is 0.111. The van der Waals surface area contributed by atoms with Crippen LogP contribution >= 0.6 is 11.6 Å². The standard InChI is InChI=1S/C18H16ClN/c1-20-12-14-11-15(19)9-10-17(14)18-8-4-6-13-5-2-3-7-16(13)18/h2-11,20H,12H2,1H3. The topological polar surface area (TPSA) is 12.0 Å². The first-order valence-corrected chi connectivity index (χ1v) is 7.08. The molecule has 0 unspecified atom stereocenters. The van der Waals surface area contributed by atoms with Crippen LogP contribution in [0.2, 0.25) is 5.02 Å². The third-order valence-electron chi connectivity index (χ3n) is 3.51. The zero-order valence-corrected chi connectivity index (χ0v) is 12.1. The first kappa shape index (κ1) is 13.2. The van der Waals surface area contributed by atoms with Gasteiger partial charge in [0.05, 0.1) is 0 Å². The summed E-state index contributed by atoms with van der Waals surface area (Å²) in [4.78, 5) is 0. The highest BCUT2D eigenvalue weighted by molar-refractivity contribution is 6.30. The highest BCUT2D eigenvalue weighted by Crippen LogP contribution is 2.32. The van der Waals surface area contributed by atoms with E-state index in [0.717, 1.165) is 11.6 Å². The molecule has 0 heterocycles. The first-order valence-electron chi connectivity index (χ1n) is 6.71. The van der Waals surface area contributed by atoms with Gasteiger partial charge in [0.1, 0.15) is 0 Å². The summed E-state index contributed by atoms with van der Waals surface area (Å²) < 4.78 is 0. The van der Waals surface area contributed by atoms with Gasteiger partial charge >= 0.3 is 0 Å². The molecule has 0 fully saturated rings. The molecule has 0 spiro atoms. The van der Waals surface area contributed by atoms with E-state index in [1.54, 1.807) is 0 Å². The maximum atomic E-state index is 6.13. The molecule has 0 bridgehead atoms. The van der Waals surface area contributed by atoms with Crippen molar-refractivity contribution in [2.75, 3.05) is 7.05 Å². The Kier molecular flexibility index (Phi) is 3.72. The maximum absolute atomic E-state index is 6.13. The zero-order valence-electron chi connectivity index (χ0n) is 11.4. The Hall–Kier alpha value is -1.83. The van der Waals surface area contributed by atoms with Gasteiger partial charge in [-0.25, -0.2) is 0 Å². The second kappa shape index (κ2) is 5.66. The van der Waals surface area contributed by atoms with E-state index in [0.29, 0.717) is 0 Å². The van der Waals surface area contributed by atoms with Crippen molar-refractivity contribution in [1.29, 1.82) is 0 Å². The van der Waals surface area contributed by atoms with E-state index in [2.05, 4.69) is 53.8 Å². The minimum atomic E-state index is 0.777. The smallest absolute Gasteiger partial charge is 0.0409 e. The fourth-order valence-corrected chi connectivity index (χ4v) is 2.82. The van der Waals surface area contributed by atoms with Crippen molar-refractivity contribution in [2.24, 2.45) is 0 Å². The lowest BCUT2D eigenvalue weighted by molar-refractivity contribution is 0.819. The van der Waals surface area contributed by atoms with E-state index in [1.165, 1.54) is 27.5 Å². The Morgan fingerprint density at radius 1 is 0.900 bits per heavy atom. The molecule has 20 heavy (non-hydrogen) atoms. The van der Waals surface area contributed by atoms with Crippen LogP contribution in [0, 0.1) is 0 Å². The quantitative estimate of drug-likeness (QED) is 0.721. The molecule has 0 aromatic heterocycles. The monoisotopic (exact) mass is 281 g/mol. The van der Waals surface area contributed by atoms with E-state index >= 15 is 0 Å². The summed E-state index contributed by atoms with van der Waals surface area (Å²) in [5.74, 6) is 0. The van der Waals surface area contributed by atoms with Crippen LogP contribution in [0.3, 0.4) is 0 Å². The van der Waals surface area contributed by atoms with Crippen molar-refractivity contribution in [3.05, 3.63) is 71.2 Å². The summed E-state index contributed by atoms with van der Waals surface area (Å²) in [6.45, 7) is 0.805. The van der Waals surface area contributed by atoms with Gasteiger partial charge in [-0.2, -0.15) is 0 Å². The van der Waals surface area contributed by atoms with Crippen LogP contribution in [0.1, 0.15) is 5.56 Å². The highest BCUT2D eigenvalue weighted by atomic mass is 35.5. The summed E-state index contributed by atoms with van der Waals surface area (Å²) in [7, 11) is 1.95. The second-order valence-corrected chi connectivity index (χ2v) is 5.29. The van der Waals surface area contributed by atoms with Crippen molar-refractivity contribution in [3.63, 3.8) is 0 Å².